The number of nitrogens with two attached hydrogens (primary N) is 1. The molecule has 0 aliphatic rings. The molecule has 80 valence electrons. The number of H-pyrrole nitrogens is 1. The molecule has 4 nitrogen and oxygen atoms in total. The zero-order valence-electron chi connectivity index (χ0n) is 8.33. The van der Waals surface area contributed by atoms with Crippen LogP contribution >= 0.6 is 15.9 Å². The highest BCUT2D eigenvalue weighted by Gasteiger charge is 2.12. The average molecular weight is 270 g/mol. The Hall–Kier alpha value is -1.07. The SMILES string of the molecule is CC(CN)n1c(=O)[nH]c2c(Br)cccc21. The molecule has 0 aliphatic carbocycles. The number of aromatic amines is 1. The Morgan fingerprint density at radius 3 is 3.00 bits per heavy atom. The van der Waals surface area contributed by atoms with Crippen LogP contribution in [-0.4, -0.2) is 16.1 Å². The molecular weight excluding hydrogens is 258 g/mol. The number of hydrogen-bond donors (Lipinski definition) is 2. The molecule has 3 N–H and O–H groups in total. The molecule has 1 unspecified atom stereocenters. The van der Waals surface area contributed by atoms with Gasteiger partial charge in [-0.15, -0.1) is 0 Å². The van der Waals surface area contributed by atoms with Gasteiger partial charge in [0.15, 0.2) is 0 Å². The van der Waals surface area contributed by atoms with Crippen LogP contribution in [0.25, 0.3) is 11.0 Å². The molecule has 0 saturated heterocycles. The first-order chi connectivity index (χ1) is 7.15. The van der Waals surface area contributed by atoms with Crippen molar-refractivity contribution in [2.75, 3.05) is 6.54 Å². The maximum atomic E-state index is 11.7. The average Bonchev–Trinajstić information content (AvgIpc) is 2.55. The van der Waals surface area contributed by atoms with Crippen molar-refractivity contribution in [2.24, 2.45) is 5.73 Å². The van der Waals surface area contributed by atoms with Crippen molar-refractivity contribution in [3.8, 4) is 0 Å². The van der Waals surface area contributed by atoms with Gasteiger partial charge in [0.1, 0.15) is 0 Å². The lowest BCUT2D eigenvalue weighted by Crippen LogP contribution is -2.25. The Bertz CT molecular complexity index is 543. The Labute approximate surface area is 95.2 Å². The first kappa shape index (κ1) is 10.4. The van der Waals surface area contributed by atoms with Gasteiger partial charge in [-0.25, -0.2) is 4.79 Å². The van der Waals surface area contributed by atoms with Crippen LogP contribution in [0, 0.1) is 0 Å². The van der Waals surface area contributed by atoms with Gasteiger partial charge in [0, 0.05) is 17.1 Å². The van der Waals surface area contributed by atoms with E-state index in [4.69, 9.17) is 5.73 Å². The van der Waals surface area contributed by atoms with Crippen LogP contribution in [0.2, 0.25) is 0 Å². The predicted molar refractivity (Wildman–Crippen MR) is 64.0 cm³/mol. The third kappa shape index (κ3) is 1.61. The number of nitrogens with zero attached hydrogens (tertiary/aromatic N) is 1. The van der Waals surface area contributed by atoms with E-state index >= 15 is 0 Å². The van der Waals surface area contributed by atoms with E-state index in [2.05, 4.69) is 20.9 Å². The third-order valence-electron chi connectivity index (χ3n) is 2.48. The highest BCUT2D eigenvalue weighted by Crippen LogP contribution is 2.22. The fourth-order valence-corrected chi connectivity index (χ4v) is 2.11. The van der Waals surface area contributed by atoms with Gasteiger partial charge < -0.3 is 10.7 Å². The van der Waals surface area contributed by atoms with Crippen molar-refractivity contribution in [1.29, 1.82) is 0 Å². The van der Waals surface area contributed by atoms with E-state index < -0.39 is 0 Å². The third-order valence-corrected chi connectivity index (χ3v) is 3.14. The van der Waals surface area contributed by atoms with Crippen LogP contribution in [0.3, 0.4) is 0 Å². The Morgan fingerprint density at radius 2 is 2.33 bits per heavy atom. The molecule has 2 rings (SSSR count). The van der Waals surface area contributed by atoms with E-state index in [9.17, 15) is 4.79 Å². The van der Waals surface area contributed by atoms with E-state index in [1.54, 1.807) is 4.57 Å². The lowest BCUT2D eigenvalue weighted by Gasteiger charge is -2.10. The van der Waals surface area contributed by atoms with Gasteiger partial charge in [0.2, 0.25) is 0 Å². The Morgan fingerprint density at radius 1 is 1.60 bits per heavy atom. The quantitative estimate of drug-likeness (QED) is 0.870. The summed E-state index contributed by atoms with van der Waals surface area (Å²) < 4.78 is 2.57. The molecule has 1 aromatic carbocycles. The van der Waals surface area contributed by atoms with Gasteiger partial charge >= 0.3 is 5.69 Å². The Kier molecular flexibility index (Phi) is 2.67. The number of fused-ring (bicyclic) bond motifs is 1. The van der Waals surface area contributed by atoms with Crippen molar-refractivity contribution in [1.82, 2.24) is 9.55 Å². The molecule has 2 aromatic rings. The molecule has 0 spiro atoms. The number of halogens is 1. The highest BCUT2D eigenvalue weighted by molar-refractivity contribution is 9.10. The summed E-state index contributed by atoms with van der Waals surface area (Å²) in [6.45, 7) is 2.37. The van der Waals surface area contributed by atoms with Crippen molar-refractivity contribution in [2.45, 2.75) is 13.0 Å². The van der Waals surface area contributed by atoms with Crippen LogP contribution < -0.4 is 11.4 Å². The smallest absolute Gasteiger partial charge is 0.326 e. The van der Waals surface area contributed by atoms with Crippen molar-refractivity contribution in [3.05, 3.63) is 33.2 Å². The van der Waals surface area contributed by atoms with Gasteiger partial charge in [-0.2, -0.15) is 0 Å². The van der Waals surface area contributed by atoms with E-state index in [-0.39, 0.29) is 11.7 Å². The van der Waals surface area contributed by atoms with Gasteiger partial charge in [-0.1, -0.05) is 6.07 Å². The fraction of sp³-hybridized carbons (Fsp3) is 0.300. The van der Waals surface area contributed by atoms with Crippen molar-refractivity contribution < 1.29 is 0 Å². The topological polar surface area (TPSA) is 63.8 Å². The molecule has 0 bridgehead atoms. The number of aromatic nitrogens is 2. The summed E-state index contributed by atoms with van der Waals surface area (Å²) in [6, 6.07) is 5.71. The predicted octanol–water partition coefficient (Wildman–Crippen LogP) is 1.61. The van der Waals surface area contributed by atoms with Gasteiger partial charge in [0.05, 0.1) is 11.0 Å². The standard InChI is InChI=1S/C10H12BrN3O/c1-6(5-12)14-8-4-2-3-7(11)9(8)13-10(14)15/h2-4,6H,5,12H2,1H3,(H,13,15). The highest BCUT2D eigenvalue weighted by atomic mass is 79.9. The first-order valence-corrected chi connectivity index (χ1v) is 5.53. The molecule has 0 fully saturated rings. The second-order valence-corrected chi connectivity index (χ2v) is 4.37. The number of nitrogens with one attached hydrogen (secondary N) is 1. The van der Waals surface area contributed by atoms with Crippen molar-refractivity contribution in [3.63, 3.8) is 0 Å². The van der Waals surface area contributed by atoms with Crippen LogP contribution in [0.4, 0.5) is 0 Å². The number of hydrogen-bond acceptors (Lipinski definition) is 2. The maximum absolute atomic E-state index is 11.7. The lowest BCUT2D eigenvalue weighted by molar-refractivity contribution is 0.557. The molecule has 0 aliphatic heterocycles. The zero-order valence-corrected chi connectivity index (χ0v) is 9.91. The van der Waals surface area contributed by atoms with Gasteiger partial charge in [-0.3, -0.25) is 4.57 Å². The van der Waals surface area contributed by atoms with Crippen molar-refractivity contribution >= 4 is 27.0 Å². The summed E-state index contributed by atoms with van der Waals surface area (Å²) in [5, 5.41) is 0. The number of para-hydroxylation sites is 1. The summed E-state index contributed by atoms with van der Waals surface area (Å²) in [7, 11) is 0. The van der Waals surface area contributed by atoms with Crippen LogP contribution in [0.15, 0.2) is 27.5 Å². The van der Waals surface area contributed by atoms with Crippen LogP contribution in [0.1, 0.15) is 13.0 Å². The fourth-order valence-electron chi connectivity index (χ4n) is 1.66. The first-order valence-electron chi connectivity index (χ1n) is 4.74. The maximum Gasteiger partial charge on any atom is 0.326 e. The molecule has 0 amide bonds. The van der Waals surface area contributed by atoms with Gasteiger partial charge in [-0.05, 0) is 35.0 Å². The summed E-state index contributed by atoms with van der Waals surface area (Å²) in [5.41, 5.74) is 7.16. The van der Waals surface area contributed by atoms with E-state index in [1.807, 2.05) is 25.1 Å². The van der Waals surface area contributed by atoms with E-state index in [1.165, 1.54) is 0 Å². The monoisotopic (exact) mass is 269 g/mol. The lowest BCUT2D eigenvalue weighted by atomic mass is 10.3. The summed E-state index contributed by atoms with van der Waals surface area (Å²) in [5.74, 6) is 0. The molecule has 1 atom stereocenters. The molecule has 1 heterocycles. The molecular formula is C10H12BrN3O. The summed E-state index contributed by atoms with van der Waals surface area (Å²) in [4.78, 5) is 14.5. The minimum Gasteiger partial charge on any atom is -0.328 e. The van der Waals surface area contributed by atoms with Gasteiger partial charge in [0.25, 0.3) is 0 Å². The van der Waals surface area contributed by atoms with Crippen LogP contribution in [-0.2, 0) is 0 Å². The minimum absolute atomic E-state index is 0.000509. The molecule has 0 saturated carbocycles. The summed E-state index contributed by atoms with van der Waals surface area (Å²) >= 11 is 3.40. The normalized spacial score (nSPS) is 13.3. The molecule has 5 heteroatoms. The molecule has 0 radical (unpaired) electrons. The van der Waals surface area contributed by atoms with Crippen LogP contribution in [0.5, 0.6) is 0 Å². The second kappa shape index (κ2) is 3.83. The molecule has 1 aromatic heterocycles. The minimum atomic E-state index is -0.116. The Balaban J connectivity index is 2.80. The number of imidazole rings is 1. The van der Waals surface area contributed by atoms with E-state index in [0.29, 0.717) is 6.54 Å². The van der Waals surface area contributed by atoms with E-state index in [0.717, 1.165) is 15.5 Å². The number of rotatable bonds is 2. The largest absolute Gasteiger partial charge is 0.328 e. The number of benzene rings is 1. The second-order valence-electron chi connectivity index (χ2n) is 3.52. The summed E-state index contributed by atoms with van der Waals surface area (Å²) in [6.07, 6.45) is 0. The molecule has 15 heavy (non-hydrogen) atoms. The zero-order chi connectivity index (χ0) is 11.0.